The quantitative estimate of drug-likeness (QED) is 0.700. The van der Waals surface area contributed by atoms with Crippen molar-refractivity contribution in [3.63, 3.8) is 0 Å². The van der Waals surface area contributed by atoms with Gasteiger partial charge in [-0.2, -0.15) is 0 Å². The van der Waals surface area contributed by atoms with Crippen molar-refractivity contribution in [2.75, 3.05) is 37.7 Å². The van der Waals surface area contributed by atoms with E-state index in [2.05, 4.69) is 22.3 Å². The van der Waals surface area contributed by atoms with Gasteiger partial charge in [-0.1, -0.05) is 30.3 Å². The van der Waals surface area contributed by atoms with Crippen LogP contribution in [0.25, 0.3) is 0 Å². The zero-order valence-corrected chi connectivity index (χ0v) is 17.5. The molecule has 2 aromatic carbocycles. The predicted molar refractivity (Wildman–Crippen MR) is 116 cm³/mol. The molecule has 0 radical (unpaired) electrons. The highest BCUT2D eigenvalue weighted by atomic mass is 16.2. The minimum absolute atomic E-state index is 0.126. The van der Waals surface area contributed by atoms with Gasteiger partial charge in [-0.15, -0.1) is 0 Å². The first-order valence-corrected chi connectivity index (χ1v) is 11.0. The largest absolute Gasteiger partial charge is 0.339 e. The average molecular weight is 420 g/mol. The van der Waals surface area contributed by atoms with E-state index in [9.17, 15) is 14.4 Å². The molecule has 3 aliphatic rings. The van der Waals surface area contributed by atoms with Crippen LogP contribution in [0.4, 0.5) is 5.69 Å². The summed E-state index contributed by atoms with van der Waals surface area (Å²) in [5, 5.41) is 3.04. The molecule has 2 fully saturated rings. The van der Waals surface area contributed by atoms with Gasteiger partial charge in [-0.3, -0.25) is 19.3 Å². The first-order chi connectivity index (χ1) is 15.1. The van der Waals surface area contributed by atoms with Crippen LogP contribution in [-0.2, 0) is 4.79 Å². The Morgan fingerprint density at radius 2 is 1.48 bits per heavy atom. The van der Waals surface area contributed by atoms with Crippen molar-refractivity contribution in [3.8, 4) is 0 Å². The maximum atomic E-state index is 12.8. The standard InChI is InChI=1S/C24H26N4O3/c29-21-19-9-4-5-10-20(19)22(30)27(21)14-6-13-26-15-11-24(12-16-26)23(31)25-17-28(24)18-7-2-1-3-8-18/h1-5,7-10H,6,11-17H2,(H,25,31)/p+1. The molecule has 2 N–H and O–H groups in total. The molecule has 5 rings (SSSR count). The van der Waals surface area contributed by atoms with Crippen molar-refractivity contribution in [3.05, 3.63) is 65.7 Å². The average Bonchev–Trinajstić information content (AvgIpc) is 3.25. The van der Waals surface area contributed by atoms with Crippen molar-refractivity contribution < 1.29 is 19.3 Å². The van der Waals surface area contributed by atoms with Crippen LogP contribution in [0, 0.1) is 0 Å². The molecule has 0 bridgehead atoms. The maximum Gasteiger partial charge on any atom is 0.261 e. The number of imide groups is 1. The molecule has 7 heteroatoms. The Kier molecular flexibility index (Phi) is 4.98. The van der Waals surface area contributed by atoms with Crippen molar-refractivity contribution in [1.82, 2.24) is 10.2 Å². The van der Waals surface area contributed by atoms with Crippen LogP contribution in [0.2, 0.25) is 0 Å². The van der Waals surface area contributed by atoms with E-state index in [1.54, 1.807) is 24.3 Å². The van der Waals surface area contributed by atoms with Crippen molar-refractivity contribution in [2.45, 2.75) is 24.8 Å². The summed E-state index contributed by atoms with van der Waals surface area (Å²) >= 11 is 0. The normalized spacial score (nSPS) is 25.3. The Morgan fingerprint density at radius 1 is 0.871 bits per heavy atom. The molecule has 2 aromatic rings. The summed E-state index contributed by atoms with van der Waals surface area (Å²) in [5.41, 5.74) is 1.63. The second kappa shape index (κ2) is 7.81. The first kappa shape index (κ1) is 19.8. The molecule has 160 valence electrons. The molecule has 0 saturated carbocycles. The van der Waals surface area contributed by atoms with Gasteiger partial charge in [0.2, 0.25) is 5.91 Å². The van der Waals surface area contributed by atoms with E-state index in [1.807, 2.05) is 18.2 Å². The number of carbonyl (C=O) groups is 3. The summed E-state index contributed by atoms with van der Waals surface area (Å²) in [6.45, 7) is 3.68. The van der Waals surface area contributed by atoms with Gasteiger partial charge in [0.1, 0.15) is 5.54 Å². The lowest BCUT2D eigenvalue weighted by Gasteiger charge is -2.41. The summed E-state index contributed by atoms with van der Waals surface area (Å²) in [5.74, 6) is -0.245. The fourth-order valence-electron chi connectivity index (χ4n) is 5.23. The number of rotatable bonds is 5. The number of carbonyl (C=O) groups excluding carboxylic acids is 3. The number of benzene rings is 2. The van der Waals surface area contributed by atoms with Gasteiger partial charge in [0.15, 0.2) is 0 Å². The number of nitrogens with one attached hydrogen (secondary N) is 2. The Hall–Kier alpha value is -3.19. The highest BCUT2D eigenvalue weighted by Crippen LogP contribution is 2.33. The van der Waals surface area contributed by atoms with Crippen LogP contribution in [0.3, 0.4) is 0 Å². The Labute approximate surface area is 181 Å². The zero-order chi connectivity index (χ0) is 21.4. The molecule has 3 heterocycles. The number of fused-ring (bicyclic) bond motifs is 1. The van der Waals surface area contributed by atoms with E-state index >= 15 is 0 Å². The fraction of sp³-hybridized carbons (Fsp3) is 0.375. The smallest absolute Gasteiger partial charge is 0.261 e. The van der Waals surface area contributed by atoms with Crippen LogP contribution in [0.5, 0.6) is 0 Å². The number of nitrogens with zero attached hydrogens (tertiary/aromatic N) is 2. The monoisotopic (exact) mass is 419 g/mol. The van der Waals surface area contributed by atoms with Crippen LogP contribution in [0.15, 0.2) is 54.6 Å². The van der Waals surface area contributed by atoms with E-state index < -0.39 is 5.54 Å². The minimum atomic E-state index is -0.465. The summed E-state index contributed by atoms with van der Waals surface area (Å²) < 4.78 is 0. The fourth-order valence-corrected chi connectivity index (χ4v) is 5.23. The van der Waals surface area contributed by atoms with E-state index in [0.717, 1.165) is 44.6 Å². The van der Waals surface area contributed by atoms with Gasteiger partial charge in [0, 0.05) is 31.5 Å². The molecular formula is C24H27N4O3+. The number of hydrogen-bond acceptors (Lipinski definition) is 4. The molecule has 7 nitrogen and oxygen atoms in total. The lowest BCUT2D eigenvalue weighted by Crippen LogP contribution is -3.14. The Bertz CT molecular complexity index is 979. The number of anilines is 1. The van der Waals surface area contributed by atoms with Gasteiger partial charge in [-0.05, 0) is 24.3 Å². The molecule has 1 spiro atoms. The summed E-state index contributed by atoms with van der Waals surface area (Å²) in [7, 11) is 0. The highest BCUT2D eigenvalue weighted by molar-refractivity contribution is 6.21. The SMILES string of the molecule is O=C1c2ccccc2C(=O)N1CCC[NH+]1CCC2(CC1)C(=O)NCN2c1ccccc1. The topological polar surface area (TPSA) is 74.2 Å². The van der Waals surface area contributed by atoms with Gasteiger partial charge >= 0.3 is 0 Å². The Balaban J connectivity index is 1.17. The van der Waals surface area contributed by atoms with Gasteiger partial charge in [0.25, 0.3) is 11.8 Å². The van der Waals surface area contributed by atoms with E-state index in [1.165, 1.54) is 9.80 Å². The van der Waals surface area contributed by atoms with Gasteiger partial charge < -0.3 is 15.1 Å². The molecule has 3 aliphatic heterocycles. The minimum Gasteiger partial charge on any atom is -0.339 e. The predicted octanol–water partition coefficient (Wildman–Crippen LogP) is 0.684. The molecule has 0 atom stereocenters. The van der Waals surface area contributed by atoms with Crippen LogP contribution in [-0.4, -0.2) is 61.0 Å². The van der Waals surface area contributed by atoms with Crippen molar-refractivity contribution in [1.29, 1.82) is 0 Å². The molecule has 31 heavy (non-hydrogen) atoms. The Morgan fingerprint density at radius 3 is 2.13 bits per heavy atom. The summed E-state index contributed by atoms with van der Waals surface area (Å²) in [6.07, 6.45) is 2.37. The van der Waals surface area contributed by atoms with E-state index in [-0.39, 0.29) is 17.7 Å². The number of quaternary nitrogens is 1. The summed E-state index contributed by atoms with van der Waals surface area (Å²) in [4.78, 5) is 42.8. The van der Waals surface area contributed by atoms with E-state index in [4.69, 9.17) is 0 Å². The molecule has 0 unspecified atom stereocenters. The van der Waals surface area contributed by atoms with Gasteiger partial charge in [0.05, 0.1) is 37.4 Å². The van der Waals surface area contributed by atoms with E-state index in [0.29, 0.717) is 24.3 Å². The zero-order valence-electron chi connectivity index (χ0n) is 17.5. The number of amides is 3. The third kappa shape index (κ3) is 3.29. The van der Waals surface area contributed by atoms with Crippen molar-refractivity contribution >= 4 is 23.4 Å². The first-order valence-electron chi connectivity index (χ1n) is 11.0. The number of likely N-dealkylation sites (tertiary alicyclic amines) is 1. The third-order valence-corrected chi connectivity index (χ3v) is 6.98. The second-order valence-electron chi connectivity index (χ2n) is 8.62. The van der Waals surface area contributed by atoms with Crippen LogP contribution >= 0.6 is 0 Å². The second-order valence-corrected chi connectivity index (χ2v) is 8.62. The molecule has 2 saturated heterocycles. The third-order valence-electron chi connectivity index (χ3n) is 6.98. The number of para-hydroxylation sites is 1. The molecule has 3 amide bonds. The van der Waals surface area contributed by atoms with Crippen LogP contribution in [0.1, 0.15) is 40.0 Å². The maximum absolute atomic E-state index is 12.8. The van der Waals surface area contributed by atoms with Crippen LogP contribution < -0.4 is 15.1 Å². The van der Waals surface area contributed by atoms with Crippen molar-refractivity contribution in [2.24, 2.45) is 0 Å². The molecule has 0 aliphatic carbocycles. The molecular weight excluding hydrogens is 392 g/mol. The number of hydrogen-bond donors (Lipinski definition) is 2. The number of piperidine rings is 1. The van der Waals surface area contributed by atoms with Gasteiger partial charge in [-0.25, -0.2) is 0 Å². The lowest BCUT2D eigenvalue weighted by molar-refractivity contribution is -0.905. The highest BCUT2D eigenvalue weighted by Gasteiger charge is 2.51. The molecule has 0 aromatic heterocycles. The lowest BCUT2D eigenvalue weighted by atomic mass is 9.85. The summed E-state index contributed by atoms with van der Waals surface area (Å²) in [6, 6.07) is 17.1.